The first-order valence-corrected chi connectivity index (χ1v) is 14.4. The zero-order chi connectivity index (χ0) is 28.2. The lowest BCUT2D eigenvalue weighted by molar-refractivity contribution is -0.119. The van der Waals surface area contributed by atoms with Crippen molar-refractivity contribution in [1.29, 1.82) is 0 Å². The SMILES string of the molecule is COc1ccc(N(CC(=O)N/N=C/c2cc(C)n(-c3ccc(Br)cc3)c2C)S(=O)(=O)c2ccccc2)cc1Cl. The molecule has 11 heteroatoms. The van der Waals surface area contributed by atoms with Gasteiger partial charge in [0.2, 0.25) is 0 Å². The molecule has 0 radical (unpaired) electrons. The average molecular weight is 630 g/mol. The molecule has 1 aromatic heterocycles. The van der Waals surface area contributed by atoms with Crippen LogP contribution in [0.2, 0.25) is 5.02 Å². The molecular formula is C28H26BrClN4O4S. The van der Waals surface area contributed by atoms with E-state index in [1.165, 1.54) is 37.6 Å². The van der Waals surface area contributed by atoms with E-state index < -0.39 is 22.5 Å². The van der Waals surface area contributed by atoms with Crippen LogP contribution in [0.15, 0.2) is 93.3 Å². The molecule has 0 unspecified atom stereocenters. The number of sulfonamides is 1. The lowest BCUT2D eigenvalue weighted by Crippen LogP contribution is -2.39. The Balaban J connectivity index is 1.56. The van der Waals surface area contributed by atoms with Gasteiger partial charge >= 0.3 is 0 Å². The third kappa shape index (κ3) is 6.35. The molecule has 1 N–H and O–H groups in total. The summed E-state index contributed by atoms with van der Waals surface area (Å²) in [5.74, 6) is -0.244. The largest absolute Gasteiger partial charge is 0.495 e. The lowest BCUT2D eigenvalue weighted by Gasteiger charge is -2.24. The van der Waals surface area contributed by atoms with Gasteiger partial charge in [-0.25, -0.2) is 13.8 Å². The fourth-order valence-electron chi connectivity index (χ4n) is 4.09. The predicted octanol–water partition coefficient (Wildman–Crippen LogP) is 5.86. The topological polar surface area (TPSA) is 93.0 Å². The van der Waals surface area contributed by atoms with Crippen molar-refractivity contribution in [2.24, 2.45) is 5.10 Å². The van der Waals surface area contributed by atoms with E-state index in [2.05, 4.69) is 31.0 Å². The zero-order valence-electron chi connectivity index (χ0n) is 21.4. The molecule has 8 nitrogen and oxygen atoms in total. The van der Waals surface area contributed by atoms with Crippen LogP contribution < -0.4 is 14.5 Å². The summed E-state index contributed by atoms with van der Waals surface area (Å²) in [6.07, 6.45) is 1.54. The smallest absolute Gasteiger partial charge is 0.264 e. The molecule has 202 valence electrons. The van der Waals surface area contributed by atoms with Crippen LogP contribution in [0.4, 0.5) is 5.69 Å². The first-order chi connectivity index (χ1) is 18.6. The summed E-state index contributed by atoms with van der Waals surface area (Å²) in [7, 11) is -2.63. The summed E-state index contributed by atoms with van der Waals surface area (Å²) in [6, 6.07) is 22.3. The molecule has 0 aliphatic carbocycles. The van der Waals surface area contributed by atoms with Crippen LogP contribution in [0.5, 0.6) is 5.75 Å². The van der Waals surface area contributed by atoms with Gasteiger partial charge in [-0.3, -0.25) is 9.10 Å². The molecule has 0 saturated carbocycles. The van der Waals surface area contributed by atoms with Gasteiger partial charge in [-0.1, -0.05) is 45.7 Å². The number of halogens is 2. The number of hydrogen-bond donors (Lipinski definition) is 1. The number of hydrazone groups is 1. The van der Waals surface area contributed by atoms with E-state index >= 15 is 0 Å². The standard InChI is InChI=1S/C28H26BrClN4O4S/c1-19-15-21(20(2)34(19)23-11-9-22(29)10-12-23)17-31-32-28(35)18-33(24-13-14-27(38-3)26(30)16-24)39(36,37)25-7-5-4-6-8-25/h4-17H,18H2,1-3H3,(H,32,35)/b31-17+. The molecule has 0 fully saturated rings. The van der Waals surface area contributed by atoms with Gasteiger partial charge in [0.15, 0.2) is 0 Å². The minimum absolute atomic E-state index is 0.0358. The number of nitrogens with zero attached hydrogens (tertiary/aromatic N) is 3. The molecule has 1 amide bonds. The zero-order valence-corrected chi connectivity index (χ0v) is 24.6. The van der Waals surface area contributed by atoms with Crippen molar-refractivity contribution in [3.63, 3.8) is 0 Å². The second-order valence-corrected chi connectivity index (χ2v) is 11.8. The number of nitrogens with one attached hydrogen (secondary N) is 1. The van der Waals surface area contributed by atoms with Crippen LogP contribution in [0.3, 0.4) is 0 Å². The number of carbonyl (C=O) groups is 1. The first kappa shape index (κ1) is 28.4. The molecule has 0 aliphatic rings. The monoisotopic (exact) mass is 628 g/mol. The maximum atomic E-state index is 13.5. The van der Waals surface area contributed by atoms with E-state index in [0.717, 1.165) is 31.4 Å². The second kappa shape index (κ2) is 12.1. The quantitative estimate of drug-likeness (QED) is 0.185. The fraction of sp³-hybridized carbons (Fsp3) is 0.143. The number of aromatic nitrogens is 1. The van der Waals surface area contributed by atoms with E-state index in [9.17, 15) is 13.2 Å². The van der Waals surface area contributed by atoms with Crippen LogP contribution in [0.25, 0.3) is 5.69 Å². The van der Waals surface area contributed by atoms with Crippen LogP contribution in [0.1, 0.15) is 17.0 Å². The van der Waals surface area contributed by atoms with Gasteiger partial charge in [0.1, 0.15) is 12.3 Å². The predicted molar refractivity (Wildman–Crippen MR) is 158 cm³/mol. The number of rotatable bonds is 9. The van der Waals surface area contributed by atoms with Crippen molar-refractivity contribution < 1.29 is 17.9 Å². The molecule has 0 atom stereocenters. The number of amides is 1. The molecule has 0 bridgehead atoms. The highest BCUT2D eigenvalue weighted by Gasteiger charge is 2.27. The van der Waals surface area contributed by atoms with E-state index in [-0.39, 0.29) is 15.6 Å². The van der Waals surface area contributed by atoms with Gasteiger partial charge in [0.25, 0.3) is 15.9 Å². The number of aryl methyl sites for hydroxylation is 1. The van der Waals surface area contributed by atoms with Gasteiger partial charge in [-0.2, -0.15) is 5.10 Å². The normalized spacial score (nSPS) is 11.5. The Hall–Kier alpha value is -3.60. The van der Waals surface area contributed by atoms with E-state index in [1.54, 1.807) is 24.3 Å². The highest BCUT2D eigenvalue weighted by Crippen LogP contribution is 2.32. The first-order valence-electron chi connectivity index (χ1n) is 11.8. The van der Waals surface area contributed by atoms with Crippen LogP contribution in [-0.4, -0.2) is 38.8 Å². The lowest BCUT2D eigenvalue weighted by atomic mass is 10.2. The highest BCUT2D eigenvalue weighted by molar-refractivity contribution is 9.10. The maximum absolute atomic E-state index is 13.5. The molecule has 4 aromatic rings. The van der Waals surface area contributed by atoms with Gasteiger partial charge in [-0.05, 0) is 74.5 Å². The number of methoxy groups -OCH3 is 1. The Morgan fingerprint density at radius 3 is 2.41 bits per heavy atom. The van der Waals surface area contributed by atoms with Crippen molar-refractivity contribution in [1.82, 2.24) is 9.99 Å². The van der Waals surface area contributed by atoms with Crippen molar-refractivity contribution in [2.75, 3.05) is 18.0 Å². The Labute approximate surface area is 241 Å². The molecule has 3 aromatic carbocycles. The number of carbonyl (C=O) groups excluding carboxylic acids is 1. The molecule has 0 aliphatic heterocycles. The minimum Gasteiger partial charge on any atom is -0.495 e. The molecule has 4 rings (SSSR count). The Bertz CT molecular complexity index is 1620. The molecule has 0 spiro atoms. The van der Waals surface area contributed by atoms with Crippen LogP contribution >= 0.6 is 27.5 Å². The highest BCUT2D eigenvalue weighted by atomic mass is 79.9. The number of hydrogen-bond acceptors (Lipinski definition) is 5. The van der Waals surface area contributed by atoms with E-state index in [1.807, 2.05) is 44.2 Å². The minimum atomic E-state index is -4.09. The Kier molecular flexibility index (Phi) is 8.79. The summed E-state index contributed by atoms with van der Waals surface area (Å²) in [5, 5.41) is 4.31. The van der Waals surface area contributed by atoms with Crippen molar-refractivity contribution in [3.8, 4) is 11.4 Å². The summed E-state index contributed by atoms with van der Waals surface area (Å²) in [5.41, 5.74) is 6.40. The van der Waals surface area contributed by atoms with Crippen LogP contribution in [0, 0.1) is 13.8 Å². The van der Waals surface area contributed by atoms with Gasteiger partial charge < -0.3 is 9.30 Å². The average Bonchev–Trinajstić information content (AvgIpc) is 3.20. The number of anilines is 1. The van der Waals surface area contributed by atoms with Gasteiger partial charge in [-0.15, -0.1) is 0 Å². The number of benzene rings is 3. The van der Waals surface area contributed by atoms with Crippen LogP contribution in [-0.2, 0) is 14.8 Å². The molecule has 39 heavy (non-hydrogen) atoms. The third-order valence-electron chi connectivity index (χ3n) is 5.99. The molecule has 0 saturated heterocycles. The second-order valence-electron chi connectivity index (χ2n) is 8.58. The molecule has 1 heterocycles. The summed E-state index contributed by atoms with van der Waals surface area (Å²) in [4.78, 5) is 13.0. The Morgan fingerprint density at radius 2 is 1.77 bits per heavy atom. The fourth-order valence-corrected chi connectivity index (χ4v) is 6.04. The van der Waals surface area contributed by atoms with E-state index in [0.29, 0.717) is 5.75 Å². The molecular weight excluding hydrogens is 604 g/mol. The van der Waals surface area contributed by atoms with Crippen molar-refractivity contribution in [3.05, 3.63) is 105 Å². The summed E-state index contributed by atoms with van der Waals surface area (Å²) < 4.78 is 36.2. The summed E-state index contributed by atoms with van der Waals surface area (Å²) >= 11 is 9.72. The van der Waals surface area contributed by atoms with Crippen molar-refractivity contribution >= 4 is 55.4 Å². The van der Waals surface area contributed by atoms with Crippen molar-refractivity contribution in [2.45, 2.75) is 18.7 Å². The third-order valence-corrected chi connectivity index (χ3v) is 8.60. The maximum Gasteiger partial charge on any atom is 0.264 e. The van der Waals surface area contributed by atoms with Gasteiger partial charge in [0.05, 0.1) is 28.9 Å². The Morgan fingerprint density at radius 1 is 1.08 bits per heavy atom. The van der Waals surface area contributed by atoms with E-state index in [4.69, 9.17) is 16.3 Å². The number of ether oxygens (including phenoxy) is 1. The van der Waals surface area contributed by atoms with Gasteiger partial charge in [0, 0.05) is 27.1 Å². The summed E-state index contributed by atoms with van der Waals surface area (Å²) in [6.45, 7) is 3.42.